The molecule has 0 saturated heterocycles. The predicted octanol–water partition coefficient (Wildman–Crippen LogP) is 4.02. The van der Waals surface area contributed by atoms with Gasteiger partial charge in [-0.2, -0.15) is 0 Å². The number of nitrogens with one attached hydrogen (secondary N) is 2. The van der Waals surface area contributed by atoms with Crippen molar-refractivity contribution in [2.75, 3.05) is 13.6 Å². The third-order valence-electron chi connectivity index (χ3n) is 4.51. The Morgan fingerprint density at radius 3 is 2.43 bits per heavy atom. The van der Waals surface area contributed by atoms with Gasteiger partial charge in [0.15, 0.2) is 5.96 Å². The Hall–Kier alpha value is -2.35. The molecule has 1 unspecified atom stereocenters. The number of nitrogens with zero attached hydrogens (tertiary/aromatic N) is 3. The predicted molar refractivity (Wildman–Crippen MR) is 126 cm³/mol. The number of hydrogen-bond acceptors (Lipinski definition) is 2. The molecule has 0 spiro atoms. The molecule has 28 heavy (non-hydrogen) atoms. The molecule has 3 rings (SSSR count). The average Bonchev–Trinajstić information content (AvgIpc) is 3.15. The van der Waals surface area contributed by atoms with Gasteiger partial charge in [-0.05, 0) is 18.1 Å². The lowest BCUT2D eigenvalue weighted by Crippen LogP contribution is -2.39. The molecule has 0 fully saturated rings. The Kier molecular flexibility index (Phi) is 9.00. The molecule has 0 radical (unpaired) electrons. The van der Waals surface area contributed by atoms with E-state index in [-0.39, 0.29) is 30.0 Å². The van der Waals surface area contributed by atoms with Gasteiger partial charge in [0.05, 0.1) is 6.04 Å². The van der Waals surface area contributed by atoms with Gasteiger partial charge in [-0.1, -0.05) is 60.7 Å². The molecule has 0 saturated carbocycles. The van der Waals surface area contributed by atoms with E-state index in [1.54, 1.807) is 7.05 Å². The summed E-state index contributed by atoms with van der Waals surface area (Å²) in [6.07, 6.45) is 4.73. The van der Waals surface area contributed by atoms with Crippen molar-refractivity contribution in [2.45, 2.75) is 25.9 Å². The van der Waals surface area contributed by atoms with Gasteiger partial charge in [0.2, 0.25) is 0 Å². The standard InChI is InChI=1S/C22H27N5.HI/c1-18(20-11-7-4-8-12-20)26-22(23-2)25-14-13-21-24-15-16-27(21)17-19-9-5-3-6-10-19;/h3-12,15-16,18H,13-14,17H2,1-2H3,(H2,23,25,26);1H. The zero-order valence-electron chi connectivity index (χ0n) is 16.4. The van der Waals surface area contributed by atoms with Gasteiger partial charge < -0.3 is 15.2 Å². The summed E-state index contributed by atoms with van der Waals surface area (Å²) in [6, 6.07) is 21.0. The van der Waals surface area contributed by atoms with Gasteiger partial charge >= 0.3 is 0 Å². The van der Waals surface area contributed by atoms with Gasteiger partial charge in [0.1, 0.15) is 5.82 Å². The third kappa shape index (κ3) is 6.37. The summed E-state index contributed by atoms with van der Waals surface area (Å²) in [4.78, 5) is 8.84. The number of hydrogen-bond donors (Lipinski definition) is 2. The number of guanidine groups is 1. The molecule has 1 atom stereocenters. The molecule has 0 aliphatic carbocycles. The van der Waals surface area contributed by atoms with Crippen LogP contribution < -0.4 is 10.6 Å². The van der Waals surface area contributed by atoms with Crippen LogP contribution in [0.5, 0.6) is 0 Å². The maximum absolute atomic E-state index is 4.51. The fraction of sp³-hybridized carbons (Fsp3) is 0.273. The topological polar surface area (TPSA) is 54.2 Å². The molecule has 148 valence electrons. The number of aliphatic imine (C=N–C) groups is 1. The molecule has 1 aromatic heterocycles. The summed E-state index contributed by atoms with van der Waals surface area (Å²) >= 11 is 0. The van der Waals surface area contributed by atoms with Crippen LogP contribution in [0.3, 0.4) is 0 Å². The van der Waals surface area contributed by atoms with Gasteiger partial charge in [-0.3, -0.25) is 4.99 Å². The van der Waals surface area contributed by atoms with Crippen LogP contribution >= 0.6 is 24.0 Å². The number of benzene rings is 2. The Morgan fingerprint density at radius 2 is 1.75 bits per heavy atom. The first-order valence-corrected chi connectivity index (χ1v) is 9.32. The SMILES string of the molecule is CN=C(NCCc1nccn1Cc1ccccc1)NC(C)c1ccccc1.I. The minimum Gasteiger partial charge on any atom is -0.356 e. The van der Waals surface area contributed by atoms with Crippen molar-refractivity contribution in [1.29, 1.82) is 0 Å². The Labute approximate surface area is 184 Å². The van der Waals surface area contributed by atoms with Crippen molar-refractivity contribution in [2.24, 2.45) is 4.99 Å². The van der Waals surface area contributed by atoms with Gasteiger partial charge in [-0.25, -0.2) is 4.98 Å². The van der Waals surface area contributed by atoms with E-state index in [9.17, 15) is 0 Å². The molecule has 1 heterocycles. The highest BCUT2D eigenvalue weighted by Gasteiger charge is 2.08. The molecule has 2 N–H and O–H groups in total. The van der Waals surface area contributed by atoms with Crippen LogP contribution in [0, 0.1) is 0 Å². The second kappa shape index (κ2) is 11.5. The number of imidazole rings is 1. The van der Waals surface area contributed by atoms with Crippen molar-refractivity contribution in [3.05, 3.63) is 90.0 Å². The van der Waals surface area contributed by atoms with Gasteiger partial charge in [0, 0.05) is 39.0 Å². The first-order chi connectivity index (χ1) is 13.3. The molecular weight excluding hydrogens is 461 g/mol. The minimum absolute atomic E-state index is 0. The quantitative estimate of drug-likeness (QED) is 0.300. The molecular formula is C22H28IN5. The molecule has 5 nitrogen and oxygen atoms in total. The molecule has 2 aromatic carbocycles. The van der Waals surface area contributed by atoms with E-state index in [1.807, 2.05) is 24.5 Å². The summed E-state index contributed by atoms with van der Waals surface area (Å²) in [6.45, 7) is 3.75. The first kappa shape index (κ1) is 21.9. The summed E-state index contributed by atoms with van der Waals surface area (Å²) < 4.78 is 2.19. The molecule has 0 aliphatic rings. The largest absolute Gasteiger partial charge is 0.356 e. The third-order valence-corrected chi connectivity index (χ3v) is 4.51. The average molecular weight is 489 g/mol. The minimum atomic E-state index is 0. The summed E-state index contributed by atoms with van der Waals surface area (Å²) in [5, 5.41) is 6.81. The summed E-state index contributed by atoms with van der Waals surface area (Å²) in [7, 11) is 1.80. The van der Waals surface area contributed by atoms with E-state index in [4.69, 9.17) is 0 Å². The molecule has 0 bridgehead atoms. The van der Waals surface area contributed by atoms with Crippen LogP contribution in [-0.4, -0.2) is 29.1 Å². The Bertz CT molecular complexity index is 846. The summed E-state index contributed by atoms with van der Waals surface area (Å²) in [5.74, 6) is 1.87. The van der Waals surface area contributed by atoms with Crippen LogP contribution in [0.2, 0.25) is 0 Å². The van der Waals surface area contributed by atoms with E-state index >= 15 is 0 Å². The lowest BCUT2D eigenvalue weighted by atomic mass is 10.1. The van der Waals surface area contributed by atoms with Crippen LogP contribution in [0.25, 0.3) is 0 Å². The molecule has 6 heteroatoms. The lowest BCUT2D eigenvalue weighted by molar-refractivity contribution is 0.666. The van der Waals surface area contributed by atoms with Crippen molar-refractivity contribution in [3.8, 4) is 0 Å². The van der Waals surface area contributed by atoms with Crippen LogP contribution in [0.1, 0.15) is 29.9 Å². The summed E-state index contributed by atoms with van der Waals surface area (Å²) in [5.41, 5.74) is 2.51. The Morgan fingerprint density at radius 1 is 1.07 bits per heavy atom. The fourth-order valence-electron chi connectivity index (χ4n) is 3.01. The monoisotopic (exact) mass is 489 g/mol. The Balaban J connectivity index is 0.00000280. The van der Waals surface area contributed by atoms with Crippen molar-refractivity contribution in [1.82, 2.24) is 20.2 Å². The number of aromatic nitrogens is 2. The van der Waals surface area contributed by atoms with Crippen molar-refractivity contribution in [3.63, 3.8) is 0 Å². The van der Waals surface area contributed by atoms with Crippen LogP contribution in [-0.2, 0) is 13.0 Å². The highest BCUT2D eigenvalue weighted by atomic mass is 127. The van der Waals surface area contributed by atoms with Crippen LogP contribution in [0.4, 0.5) is 0 Å². The second-order valence-corrected chi connectivity index (χ2v) is 6.48. The second-order valence-electron chi connectivity index (χ2n) is 6.48. The molecule has 0 aliphatic heterocycles. The maximum atomic E-state index is 4.51. The first-order valence-electron chi connectivity index (χ1n) is 9.32. The number of halogens is 1. The zero-order valence-corrected chi connectivity index (χ0v) is 18.7. The number of rotatable bonds is 7. The van der Waals surface area contributed by atoms with Gasteiger partial charge in [0.25, 0.3) is 0 Å². The van der Waals surface area contributed by atoms with Crippen molar-refractivity contribution < 1.29 is 0 Å². The lowest BCUT2D eigenvalue weighted by Gasteiger charge is -2.18. The van der Waals surface area contributed by atoms with E-state index < -0.39 is 0 Å². The smallest absolute Gasteiger partial charge is 0.191 e. The van der Waals surface area contributed by atoms with E-state index in [0.717, 1.165) is 31.3 Å². The fourth-order valence-corrected chi connectivity index (χ4v) is 3.01. The van der Waals surface area contributed by atoms with E-state index in [0.29, 0.717) is 0 Å². The van der Waals surface area contributed by atoms with E-state index in [1.165, 1.54) is 11.1 Å². The van der Waals surface area contributed by atoms with Crippen LogP contribution in [0.15, 0.2) is 78.0 Å². The highest BCUT2D eigenvalue weighted by molar-refractivity contribution is 14.0. The normalized spacial score (nSPS) is 12.1. The molecule has 3 aromatic rings. The van der Waals surface area contributed by atoms with E-state index in [2.05, 4.69) is 80.6 Å². The van der Waals surface area contributed by atoms with Crippen molar-refractivity contribution >= 4 is 29.9 Å². The zero-order chi connectivity index (χ0) is 18.9. The highest BCUT2D eigenvalue weighted by Crippen LogP contribution is 2.10. The maximum Gasteiger partial charge on any atom is 0.191 e. The molecule has 0 amide bonds. The van der Waals surface area contributed by atoms with Gasteiger partial charge in [-0.15, -0.1) is 24.0 Å².